The first-order chi connectivity index (χ1) is 8.96. The van der Waals surface area contributed by atoms with E-state index in [1.54, 1.807) is 18.3 Å². The van der Waals surface area contributed by atoms with Crippen molar-refractivity contribution in [3.63, 3.8) is 0 Å². The fourth-order valence-corrected chi connectivity index (χ4v) is 2.46. The van der Waals surface area contributed by atoms with Gasteiger partial charge in [-0.05, 0) is 25.5 Å². The second-order valence-electron chi connectivity index (χ2n) is 5.46. The number of hydrogen-bond acceptors (Lipinski definition) is 4. The van der Waals surface area contributed by atoms with E-state index >= 15 is 0 Å². The summed E-state index contributed by atoms with van der Waals surface area (Å²) in [5, 5.41) is 3.01. The number of nitrogens with two attached hydrogens (primary N) is 1. The van der Waals surface area contributed by atoms with Gasteiger partial charge in [-0.3, -0.25) is 4.79 Å². The van der Waals surface area contributed by atoms with Gasteiger partial charge in [0.2, 0.25) is 0 Å². The van der Waals surface area contributed by atoms with Crippen LogP contribution in [0.2, 0.25) is 0 Å². The molecule has 0 aliphatic heterocycles. The highest BCUT2D eigenvalue weighted by atomic mass is 16.5. The zero-order chi connectivity index (χ0) is 14.0. The van der Waals surface area contributed by atoms with Crippen LogP contribution in [0.3, 0.4) is 0 Å². The van der Waals surface area contributed by atoms with Gasteiger partial charge in [-0.2, -0.15) is 0 Å². The van der Waals surface area contributed by atoms with Gasteiger partial charge in [0.05, 0.1) is 11.7 Å². The first-order valence-corrected chi connectivity index (χ1v) is 6.59. The number of anilines is 1. The lowest BCUT2D eigenvalue weighted by atomic mass is 9.64. The van der Waals surface area contributed by atoms with Crippen molar-refractivity contribution in [3.05, 3.63) is 23.9 Å². The van der Waals surface area contributed by atoms with Crippen molar-refractivity contribution in [1.82, 2.24) is 10.3 Å². The third-order valence-corrected chi connectivity index (χ3v) is 3.93. The molecule has 0 bridgehead atoms. The van der Waals surface area contributed by atoms with Gasteiger partial charge >= 0.3 is 0 Å². The van der Waals surface area contributed by atoms with E-state index < -0.39 is 0 Å². The monoisotopic (exact) mass is 263 g/mol. The minimum Gasteiger partial charge on any atom is -0.383 e. The second-order valence-corrected chi connectivity index (χ2v) is 5.46. The lowest BCUT2D eigenvalue weighted by Gasteiger charge is -2.51. The number of nitrogens with zero attached hydrogens (tertiary/aromatic N) is 1. The Hall–Kier alpha value is -1.62. The average molecular weight is 263 g/mol. The maximum Gasteiger partial charge on any atom is 0.255 e. The molecule has 0 saturated heterocycles. The van der Waals surface area contributed by atoms with Gasteiger partial charge in [0.15, 0.2) is 0 Å². The van der Waals surface area contributed by atoms with Crippen LogP contribution in [-0.2, 0) is 4.74 Å². The zero-order valence-corrected chi connectivity index (χ0v) is 11.6. The number of rotatable bonds is 4. The molecule has 19 heavy (non-hydrogen) atoms. The van der Waals surface area contributed by atoms with Gasteiger partial charge in [-0.25, -0.2) is 4.98 Å². The Labute approximate surface area is 113 Å². The number of ether oxygens (including phenoxy) is 1. The summed E-state index contributed by atoms with van der Waals surface area (Å²) in [7, 11) is 0. The molecule has 0 spiro atoms. The number of pyridine rings is 1. The molecule has 1 aromatic heterocycles. The molecule has 1 fully saturated rings. The lowest BCUT2D eigenvalue weighted by molar-refractivity contribution is -0.111. The van der Waals surface area contributed by atoms with Gasteiger partial charge in [0, 0.05) is 24.3 Å². The summed E-state index contributed by atoms with van der Waals surface area (Å²) in [4.78, 5) is 16.1. The van der Waals surface area contributed by atoms with Gasteiger partial charge in [0.25, 0.3) is 5.91 Å². The number of nitrogen functional groups attached to an aromatic ring is 1. The first-order valence-electron chi connectivity index (χ1n) is 6.59. The van der Waals surface area contributed by atoms with Crippen LogP contribution in [-0.4, -0.2) is 29.6 Å². The van der Waals surface area contributed by atoms with Crippen LogP contribution in [0.5, 0.6) is 0 Å². The molecule has 3 N–H and O–H groups in total. The van der Waals surface area contributed by atoms with Crippen molar-refractivity contribution < 1.29 is 9.53 Å². The van der Waals surface area contributed by atoms with Crippen molar-refractivity contribution >= 4 is 11.7 Å². The molecular weight excluding hydrogens is 242 g/mol. The quantitative estimate of drug-likeness (QED) is 0.865. The van der Waals surface area contributed by atoms with Crippen LogP contribution in [0.25, 0.3) is 0 Å². The summed E-state index contributed by atoms with van der Waals surface area (Å²) in [6, 6.07) is 3.50. The van der Waals surface area contributed by atoms with Gasteiger partial charge in [0.1, 0.15) is 5.82 Å². The van der Waals surface area contributed by atoms with E-state index in [2.05, 4.69) is 24.1 Å². The standard InChI is InChI=1S/C14H21N3O2/c1-4-19-11-8-10(14(11,2)3)17-13(18)9-6-5-7-16-12(9)15/h5-7,10-11H,4,8H2,1-3H3,(H2,15,16)(H,17,18). The van der Waals surface area contributed by atoms with Crippen molar-refractivity contribution in [1.29, 1.82) is 0 Å². The number of amides is 1. The summed E-state index contributed by atoms with van der Waals surface area (Å²) in [6.07, 6.45) is 2.62. The van der Waals surface area contributed by atoms with E-state index in [0.29, 0.717) is 12.2 Å². The molecule has 5 heteroatoms. The molecule has 1 saturated carbocycles. The van der Waals surface area contributed by atoms with Crippen molar-refractivity contribution in [2.75, 3.05) is 12.3 Å². The molecule has 0 aromatic carbocycles. The third-order valence-electron chi connectivity index (χ3n) is 3.93. The van der Waals surface area contributed by atoms with E-state index in [1.165, 1.54) is 0 Å². The van der Waals surface area contributed by atoms with Crippen molar-refractivity contribution in [2.24, 2.45) is 5.41 Å². The topological polar surface area (TPSA) is 77.2 Å². The molecule has 1 heterocycles. The Morgan fingerprint density at radius 3 is 2.95 bits per heavy atom. The normalized spacial score (nSPS) is 24.6. The molecule has 1 aliphatic rings. The third kappa shape index (κ3) is 2.56. The summed E-state index contributed by atoms with van der Waals surface area (Å²) in [5.74, 6) is 0.0945. The number of nitrogens with one attached hydrogen (secondary N) is 1. The Morgan fingerprint density at radius 2 is 2.37 bits per heavy atom. The average Bonchev–Trinajstić information content (AvgIpc) is 2.38. The maximum absolute atomic E-state index is 12.1. The molecule has 5 nitrogen and oxygen atoms in total. The van der Waals surface area contributed by atoms with Crippen LogP contribution in [0.15, 0.2) is 18.3 Å². The molecule has 2 atom stereocenters. The predicted molar refractivity (Wildman–Crippen MR) is 73.7 cm³/mol. The van der Waals surface area contributed by atoms with Crippen LogP contribution in [0.1, 0.15) is 37.6 Å². The van der Waals surface area contributed by atoms with Crippen LogP contribution in [0, 0.1) is 5.41 Å². The highest BCUT2D eigenvalue weighted by Gasteiger charge is 2.49. The Bertz CT molecular complexity index is 474. The van der Waals surface area contributed by atoms with E-state index in [-0.39, 0.29) is 29.3 Å². The Balaban J connectivity index is 2.00. The van der Waals surface area contributed by atoms with Gasteiger partial charge in [-0.15, -0.1) is 0 Å². The minimum absolute atomic E-state index is 0.0529. The summed E-state index contributed by atoms with van der Waals surface area (Å²) in [6.45, 7) is 6.89. The smallest absolute Gasteiger partial charge is 0.255 e. The lowest BCUT2D eigenvalue weighted by Crippen LogP contribution is -2.62. The van der Waals surface area contributed by atoms with Gasteiger partial charge < -0.3 is 15.8 Å². The molecule has 1 aromatic rings. The predicted octanol–water partition coefficient (Wildman–Crippen LogP) is 1.60. The number of hydrogen-bond donors (Lipinski definition) is 2. The molecule has 104 valence electrons. The van der Waals surface area contributed by atoms with Crippen LogP contribution < -0.4 is 11.1 Å². The second kappa shape index (κ2) is 5.17. The number of carbonyl (C=O) groups excluding carboxylic acids is 1. The van der Waals surface area contributed by atoms with E-state index in [4.69, 9.17) is 10.5 Å². The van der Waals surface area contributed by atoms with Crippen LogP contribution >= 0.6 is 0 Å². The SMILES string of the molecule is CCOC1CC(NC(=O)c2cccnc2N)C1(C)C. The van der Waals surface area contributed by atoms with Crippen LogP contribution in [0.4, 0.5) is 5.82 Å². The highest BCUT2D eigenvalue weighted by molar-refractivity contribution is 5.98. The molecule has 1 aliphatic carbocycles. The summed E-state index contributed by atoms with van der Waals surface area (Å²) in [5.41, 5.74) is 6.08. The molecule has 1 amide bonds. The number of carbonyl (C=O) groups is 1. The Morgan fingerprint density at radius 1 is 1.63 bits per heavy atom. The zero-order valence-electron chi connectivity index (χ0n) is 11.6. The number of aromatic nitrogens is 1. The fraction of sp³-hybridized carbons (Fsp3) is 0.571. The van der Waals surface area contributed by atoms with Gasteiger partial charge in [-0.1, -0.05) is 13.8 Å². The minimum atomic E-state index is -0.168. The first kappa shape index (κ1) is 13.8. The largest absolute Gasteiger partial charge is 0.383 e. The Kier molecular flexibility index (Phi) is 3.75. The highest BCUT2D eigenvalue weighted by Crippen LogP contribution is 2.42. The molecule has 2 rings (SSSR count). The van der Waals surface area contributed by atoms with Crippen molar-refractivity contribution in [3.8, 4) is 0 Å². The van der Waals surface area contributed by atoms with Crippen molar-refractivity contribution in [2.45, 2.75) is 39.3 Å². The maximum atomic E-state index is 12.1. The molecular formula is C14H21N3O2. The summed E-state index contributed by atoms with van der Waals surface area (Å²) >= 11 is 0. The summed E-state index contributed by atoms with van der Waals surface area (Å²) < 4.78 is 5.65. The fourth-order valence-electron chi connectivity index (χ4n) is 2.46. The van der Waals surface area contributed by atoms with E-state index in [9.17, 15) is 4.79 Å². The molecule has 2 unspecified atom stereocenters. The molecule has 0 radical (unpaired) electrons. The van der Waals surface area contributed by atoms with E-state index in [1.807, 2.05) is 6.92 Å². The van der Waals surface area contributed by atoms with E-state index in [0.717, 1.165) is 6.42 Å².